The molecule has 2 fully saturated rings. The molecule has 8 nitrogen and oxygen atoms in total. The Bertz CT molecular complexity index is 598. The van der Waals surface area contributed by atoms with Gasteiger partial charge in [-0.2, -0.15) is 0 Å². The van der Waals surface area contributed by atoms with Gasteiger partial charge in [0.05, 0.1) is 6.42 Å². The highest BCUT2D eigenvalue weighted by atomic mass is 16.2. The first-order valence-corrected chi connectivity index (χ1v) is 7.62. The molecule has 3 rings (SSSR count). The van der Waals surface area contributed by atoms with Gasteiger partial charge < -0.3 is 10.2 Å². The lowest BCUT2D eigenvalue weighted by molar-refractivity contribution is -0.135. The van der Waals surface area contributed by atoms with Gasteiger partial charge in [0.15, 0.2) is 0 Å². The Labute approximate surface area is 133 Å². The zero-order valence-corrected chi connectivity index (χ0v) is 12.7. The number of hydrogen-bond acceptors (Lipinski definition) is 5. The summed E-state index contributed by atoms with van der Waals surface area (Å²) < 4.78 is 0. The number of rotatable bonds is 4. The summed E-state index contributed by atoms with van der Waals surface area (Å²) in [4.78, 5) is 42.8. The zero-order valence-electron chi connectivity index (χ0n) is 12.7. The maximum absolute atomic E-state index is 12.2. The van der Waals surface area contributed by atoms with Crippen molar-refractivity contribution in [2.75, 3.05) is 26.2 Å². The lowest BCUT2D eigenvalue weighted by atomic mass is 10.1. The second-order valence-electron chi connectivity index (χ2n) is 5.73. The van der Waals surface area contributed by atoms with E-state index in [1.165, 1.54) is 5.56 Å². The van der Waals surface area contributed by atoms with E-state index in [4.69, 9.17) is 0 Å². The number of urea groups is 1. The summed E-state index contributed by atoms with van der Waals surface area (Å²) in [6, 6.07) is 2.69. The lowest BCUT2D eigenvalue weighted by Crippen LogP contribution is -2.49. The van der Waals surface area contributed by atoms with Gasteiger partial charge in [0.25, 0.3) is 5.91 Å². The first-order chi connectivity index (χ1) is 11.1. The number of amides is 4. The van der Waals surface area contributed by atoms with Crippen LogP contribution in [0.1, 0.15) is 12.0 Å². The molecule has 1 atom stereocenters. The van der Waals surface area contributed by atoms with Crippen LogP contribution >= 0.6 is 0 Å². The van der Waals surface area contributed by atoms with Crippen molar-refractivity contribution in [3.05, 3.63) is 30.1 Å². The van der Waals surface area contributed by atoms with Crippen molar-refractivity contribution in [3.63, 3.8) is 0 Å². The van der Waals surface area contributed by atoms with E-state index >= 15 is 0 Å². The molecule has 1 aromatic rings. The SMILES string of the molecule is O=C1NC(=O)[C@H](CC(=O)N2CCN(Cc3ccncc3)CC2)N1. The second kappa shape index (κ2) is 6.74. The standard InChI is InChI=1S/C15H19N5O3/c21-13(9-12-14(22)18-15(23)17-12)20-7-5-19(6-8-20)10-11-1-3-16-4-2-11/h1-4,12H,5-10H2,(H2,17,18,22,23)/t12-/m0/s1. The minimum atomic E-state index is -0.746. The minimum Gasteiger partial charge on any atom is -0.340 e. The Kier molecular flexibility index (Phi) is 4.52. The predicted molar refractivity (Wildman–Crippen MR) is 81.2 cm³/mol. The molecule has 0 saturated carbocycles. The quantitative estimate of drug-likeness (QED) is 0.718. The number of nitrogens with zero attached hydrogens (tertiary/aromatic N) is 3. The van der Waals surface area contributed by atoms with Crippen molar-refractivity contribution in [3.8, 4) is 0 Å². The Morgan fingerprint density at radius 1 is 1.17 bits per heavy atom. The van der Waals surface area contributed by atoms with Gasteiger partial charge in [-0.1, -0.05) is 0 Å². The molecule has 122 valence electrons. The third-order valence-corrected chi connectivity index (χ3v) is 4.12. The molecule has 0 aliphatic carbocycles. The van der Waals surface area contributed by atoms with E-state index in [9.17, 15) is 14.4 Å². The first-order valence-electron chi connectivity index (χ1n) is 7.62. The number of pyridine rings is 1. The molecule has 0 spiro atoms. The molecule has 0 aromatic carbocycles. The van der Waals surface area contributed by atoms with Gasteiger partial charge in [-0.05, 0) is 17.7 Å². The van der Waals surface area contributed by atoms with Gasteiger partial charge >= 0.3 is 6.03 Å². The molecule has 1 aromatic heterocycles. The fourth-order valence-electron chi connectivity index (χ4n) is 2.81. The molecule has 2 saturated heterocycles. The van der Waals surface area contributed by atoms with Crippen LogP contribution in [0.4, 0.5) is 4.79 Å². The van der Waals surface area contributed by atoms with Crippen LogP contribution in [-0.2, 0) is 16.1 Å². The van der Waals surface area contributed by atoms with E-state index in [-0.39, 0.29) is 12.3 Å². The van der Waals surface area contributed by atoms with Crippen molar-refractivity contribution < 1.29 is 14.4 Å². The minimum absolute atomic E-state index is 0.0158. The third kappa shape index (κ3) is 3.84. The highest BCUT2D eigenvalue weighted by Crippen LogP contribution is 2.10. The summed E-state index contributed by atoms with van der Waals surface area (Å²) in [6.07, 6.45) is 3.56. The molecule has 8 heteroatoms. The second-order valence-corrected chi connectivity index (χ2v) is 5.73. The summed E-state index contributed by atoms with van der Waals surface area (Å²) in [5.74, 6) is -0.532. The van der Waals surface area contributed by atoms with Crippen molar-refractivity contribution in [2.45, 2.75) is 19.0 Å². The maximum atomic E-state index is 12.2. The van der Waals surface area contributed by atoms with E-state index in [1.807, 2.05) is 12.1 Å². The third-order valence-electron chi connectivity index (χ3n) is 4.12. The van der Waals surface area contributed by atoms with Gasteiger partial charge in [-0.15, -0.1) is 0 Å². The summed E-state index contributed by atoms with van der Waals surface area (Å²) in [5, 5.41) is 4.59. The predicted octanol–water partition coefficient (Wildman–Crippen LogP) is -0.676. The highest BCUT2D eigenvalue weighted by molar-refractivity contribution is 6.05. The van der Waals surface area contributed by atoms with Gasteiger partial charge in [0, 0.05) is 45.1 Å². The summed E-state index contributed by atoms with van der Waals surface area (Å²) in [5.41, 5.74) is 1.20. The monoisotopic (exact) mass is 317 g/mol. The Balaban J connectivity index is 1.46. The topological polar surface area (TPSA) is 94.6 Å². The van der Waals surface area contributed by atoms with Crippen molar-refractivity contribution >= 4 is 17.8 Å². The number of aromatic nitrogens is 1. The molecule has 0 unspecified atom stereocenters. The molecule has 2 N–H and O–H groups in total. The average molecular weight is 317 g/mol. The van der Waals surface area contributed by atoms with Crippen molar-refractivity contribution in [1.82, 2.24) is 25.4 Å². The van der Waals surface area contributed by atoms with Crippen LogP contribution in [0.25, 0.3) is 0 Å². The lowest BCUT2D eigenvalue weighted by Gasteiger charge is -2.35. The fourth-order valence-corrected chi connectivity index (χ4v) is 2.81. The number of piperazine rings is 1. The van der Waals surface area contributed by atoms with Gasteiger partial charge in [-0.3, -0.25) is 24.8 Å². The van der Waals surface area contributed by atoms with Crippen LogP contribution in [0.5, 0.6) is 0 Å². The fraction of sp³-hybridized carbons (Fsp3) is 0.467. The molecule has 0 bridgehead atoms. The first kappa shape index (κ1) is 15.4. The molecule has 23 heavy (non-hydrogen) atoms. The molecule has 3 heterocycles. The van der Waals surface area contributed by atoms with Crippen LogP contribution in [-0.4, -0.2) is 64.9 Å². The number of nitrogens with one attached hydrogen (secondary N) is 2. The van der Waals surface area contributed by atoms with E-state index in [0.29, 0.717) is 13.1 Å². The van der Waals surface area contributed by atoms with Crippen LogP contribution in [0.2, 0.25) is 0 Å². The molecule has 4 amide bonds. The van der Waals surface area contributed by atoms with E-state index in [0.717, 1.165) is 19.6 Å². The molecule has 2 aliphatic heterocycles. The van der Waals surface area contributed by atoms with E-state index in [1.54, 1.807) is 17.3 Å². The van der Waals surface area contributed by atoms with Crippen molar-refractivity contribution in [1.29, 1.82) is 0 Å². The smallest absolute Gasteiger partial charge is 0.322 e. The van der Waals surface area contributed by atoms with Gasteiger partial charge in [0.1, 0.15) is 6.04 Å². The molecule has 0 radical (unpaired) electrons. The van der Waals surface area contributed by atoms with Gasteiger partial charge in [0.2, 0.25) is 5.91 Å². The summed E-state index contributed by atoms with van der Waals surface area (Å²) >= 11 is 0. The molecular weight excluding hydrogens is 298 g/mol. The highest BCUT2D eigenvalue weighted by Gasteiger charge is 2.33. The van der Waals surface area contributed by atoms with E-state index < -0.39 is 18.0 Å². The van der Waals surface area contributed by atoms with Crippen LogP contribution in [0.15, 0.2) is 24.5 Å². The van der Waals surface area contributed by atoms with Crippen LogP contribution < -0.4 is 10.6 Å². The maximum Gasteiger partial charge on any atom is 0.322 e. The Morgan fingerprint density at radius 2 is 1.87 bits per heavy atom. The van der Waals surface area contributed by atoms with Crippen LogP contribution in [0, 0.1) is 0 Å². The van der Waals surface area contributed by atoms with Crippen LogP contribution in [0.3, 0.4) is 0 Å². The Morgan fingerprint density at radius 3 is 2.48 bits per heavy atom. The van der Waals surface area contributed by atoms with Crippen molar-refractivity contribution in [2.24, 2.45) is 0 Å². The summed E-state index contributed by atoms with van der Waals surface area (Å²) in [7, 11) is 0. The van der Waals surface area contributed by atoms with Gasteiger partial charge in [-0.25, -0.2) is 4.79 Å². The summed E-state index contributed by atoms with van der Waals surface area (Å²) in [6.45, 7) is 3.68. The Hall–Kier alpha value is -2.48. The zero-order chi connectivity index (χ0) is 16.2. The molecule has 2 aliphatic rings. The van der Waals surface area contributed by atoms with E-state index in [2.05, 4.69) is 20.5 Å². The number of carbonyl (C=O) groups excluding carboxylic acids is 3. The average Bonchev–Trinajstić information content (AvgIpc) is 2.86. The largest absolute Gasteiger partial charge is 0.340 e. The number of hydrogen-bond donors (Lipinski definition) is 2. The number of carbonyl (C=O) groups is 3. The normalized spacial score (nSPS) is 21.9. The number of imide groups is 1. The molecular formula is C15H19N5O3.